The van der Waals surface area contributed by atoms with Gasteiger partial charge in [-0.25, -0.2) is 13.8 Å². The van der Waals surface area contributed by atoms with Crippen molar-refractivity contribution in [1.29, 1.82) is 0 Å². The van der Waals surface area contributed by atoms with E-state index in [9.17, 15) is 13.6 Å². The summed E-state index contributed by atoms with van der Waals surface area (Å²) in [5.74, 6) is -2.90. The lowest BCUT2D eigenvalue weighted by Gasteiger charge is -2.09. The molecule has 0 saturated heterocycles. The summed E-state index contributed by atoms with van der Waals surface area (Å²) in [4.78, 5) is 14.6. The Morgan fingerprint density at radius 3 is 2.50 bits per heavy atom. The Kier molecular flexibility index (Phi) is 5.26. The van der Waals surface area contributed by atoms with Crippen molar-refractivity contribution in [3.63, 3.8) is 0 Å². The van der Waals surface area contributed by atoms with Gasteiger partial charge in [0.1, 0.15) is 12.3 Å². The van der Waals surface area contributed by atoms with Gasteiger partial charge in [-0.05, 0) is 24.1 Å². The maximum atomic E-state index is 14.1. The van der Waals surface area contributed by atoms with Crippen molar-refractivity contribution >= 4 is 5.97 Å². The molecule has 0 radical (unpaired) electrons. The van der Waals surface area contributed by atoms with E-state index in [4.69, 9.17) is 14.3 Å². The largest absolute Gasteiger partial charge is 0.481 e. The molecule has 1 heterocycles. The van der Waals surface area contributed by atoms with E-state index in [1.54, 1.807) is 0 Å². The van der Waals surface area contributed by atoms with Crippen LogP contribution in [-0.4, -0.2) is 16.1 Å². The van der Waals surface area contributed by atoms with E-state index in [0.29, 0.717) is 11.5 Å². The van der Waals surface area contributed by atoms with E-state index in [2.05, 4.69) is 4.98 Å². The van der Waals surface area contributed by atoms with E-state index in [1.165, 1.54) is 6.39 Å². The van der Waals surface area contributed by atoms with Gasteiger partial charge in [0.05, 0.1) is 0 Å². The molecule has 3 rings (SSSR count). The van der Waals surface area contributed by atoms with E-state index < -0.39 is 23.4 Å². The third-order valence-electron chi connectivity index (χ3n) is 3.72. The van der Waals surface area contributed by atoms with Crippen molar-refractivity contribution in [2.75, 3.05) is 0 Å². The maximum Gasteiger partial charge on any atom is 0.303 e. The Balaban J connectivity index is 1.75. The second kappa shape index (κ2) is 7.77. The molecule has 0 aliphatic carbocycles. The molecule has 0 fully saturated rings. The SMILES string of the molecule is O=C(O)CCc1cc(F)c(OCc2ncoc2-c2ccccc2)c(F)c1. The highest BCUT2D eigenvalue weighted by molar-refractivity contribution is 5.67. The average Bonchev–Trinajstić information content (AvgIpc) is 3.08. The first kappa shape index (κ1) is 17.6. The molecule has 2 aromatic carbocycles. The highest BCUT2D eigenvalue weighted by atomic mass is 19.1. The van der Waals surface area contributed by atoms with Crippen LogP contribution in [0.5, 0.6) is 5.75 Å². The van der Waals surface area contributed by atoms with E-state index >= 15 is 0 Å². The topological polar surface area (TPSA) is 72.6 Å². The Morgan fingerprint density at radius 1 is 1.15 bits per heavy atom. The number of halogens is 2. The molecule has 26 heavy (non-hydrogen) atoms. The first-order chi connectivity index (χ1) is 12.5. The minimum atomic E-state index is -1.04. The number of hydrogen-bond acceptors (Lipinski definition) is 4. The van der Waals surface area contributed by atoms with Crippen molar-refractivity contribution in [3.05, 3.63) is 71.8 Å². The van der Waals surface area contributed by atoms with Gasteiger partial charge in [0.2, 0.25) is 0 Å². The summed E-state index contributed by atoms with van der Waals surface area (Å²) in [6.07, 6.45) is 1.06. The number of aliphatic carboxylic acids is 1. The number of carbonyl (C=O) groups is 1. The van der Waals surface area contributed by atoms with Gasteiger partial charge in [0.25, 0.3) is 0 Å². The highest BCUT2D eigenvalue weighted by Crippen LogP contribution is 2.27. The number of rotatable bonds is 7. The Morgan fingerprint density at radius 2 is 1.85 bits per heavy atom. The number of hydrogen-bond donors (Lipinski definition) is 1. The van der Waals surface area contributed by atoms with Crippen LogP contribution in [-0.2, 0) is 17.8 Å². The van der Waals surface area contributed by atoms with Gasteiger partial charge < -0.3 is 14.3 Å². The molecule has 0 bridgehead atoms. The molecular weight excluding hydrogens is 344 g/mol. The average molecular weight is 359 g/mol. The maximum absolute atomic E-state index is 14.1. The molecular formula is C19H15F2NO4. The van der Waals surface area contributed by atoms with Crippen molar-refractivity contribution in [2.45, 2.75) is 19.4 Å². The van der Waals surface area contributed by atoms with Crippen LogP contribution in [0.2, 0.25) is 0 Å². The summed E-state index contributed by atoms with van der Waals surface area (Å²) in [6.45, 7) is -0.178. The number of aromatic nitrogens is 1. The molecule has 1 N–H and O–H groups in total. The summed E-state index contributed by atoms with van der Waals surface area (Å²) >= 11 is 0. The highest BCUT2D eigenvalue weighted by Gasteiger charge is 2.16. The van der Waals surface area contributed by atoms with Crippen molar-refractivity contribution in [1.82, 2.24) is 4.98 Å². The fourth-order valence-corrected chi connectivity index (χ4v) is 2.48. The quantitative estimate of drug-likeness (QED) is 0.684. The number of benzene rings is 2. The Bertz CT molecular complexity index is 886. The van der Waals surface area contributed by atoms with E-state index in [1.807, 2.05) is 30.3 Å². The second-order valence-corrected chi connectivity index (χ2v) is 5.57. The molecule has 5 nitrogen and oxygen atoms in total. The number of oxazole rings is 1. The van der Waals surface area contributed by atoms with Crippen LogP contribution in [0.25, 0.3) is 11.3 Å². The van der Waals surface area contributed by atoms with Crippen molar-refractivity contribution < 1.29 is 27.8 Å². The fourth-order valence-electron chi connectivity index (χ4n) is 2.48. The van der Waals surface area contributed by atoms with Gasteiger partial charge in [-0.1, -0.05) is 30.3 Å². The first-order valence-corrected chi connectivity index (χ1v) is 7.85. The Labute approximate surface area is 147 Å². The smallest absolute Gasteiger partial charge is 0.303 e. The van der Waals surface area contributed by atoms with Crippen molar-refractivity contribution in [2.24, 2.45) is 0 Å². The van der Waals surface area contributed by atoms with Crippen LogP contribution < -0.4 is 4.74 Å². The van der Waals surface area contributed by atoms with Crippen LogP contribution in [0.1, 0.15) is 17.7 Å². The number of nitrogens with zero attached hydrogens (tertiary/aromatic N) is 1. The molecule has 0 aliphatic heterocycles. The van der Waals surface area contributed by atoms with Gasteiger partial charge in [-0.2, -0.15) is 0 Å². The van der Waals surface area contributed by atoms with Crippen LogP contribution in [0.15, 0.2) is 53.3 Å². The lowest BCUT2D eigenvalue weighted by Crippen LogP contribution is -2.03. The first-order valence-electron chi connectivity index (χ1n) is 7.85. The standard InChI is InChI=1S/C19H15F2NO4/c20-14-8-12(6-7-17(23)24)9-15(21)19(14)25-10-16-18(26-11-22-16)13-4-2-1-3-5-13/h1-5,8-9,11H,6-7,10H2,(H,23,24). The lowest BCUT2D eigenvalue weighted by atomic mass is 10.1. The van der Waals surface area contributed by atoms with Crippen molar-refractivity contribution in [3.8, 4) is 17.1 Å². The molecule has 3 aromatic rings. The molecule has 0 saturated carbocycles. The van der Waals surface area contributed by atoms with Crippen LogP contribution in [0.4, 0.5) is 8.78 Å². The zero-order valence-electron chi connectivity index (χ0n) is 13.6. The minimum Gasteiger partial charge on any atom is -0.481 e. The molecule has 0 unspecified atom stereocenters. The number of carboxylic acid groups (broad SMARTS) is 1. The van der Waals surface area contributed by atoms with Crippen LogP contribution in [0.3, 0.4) is 0 Å². The van der Waals surface area contributed by atoms with E-state index in [-0.39, 0.29) is 25.0 Å². The van der Waals surface area contributed by atoms with Gasteiger partial charge >= 0.3 is 5.97 Å². The zero-order valence-corrected chi connectivity index (χ0v) is 13.6. The van der Waals surface area contributed by atoms with Gasteiger partial charge in [-0.3, -0.25) is 4.79 Å². The zero-order chi connectivity index (χ0) is 18.5. The minimum absolute atomic E-state index is 0.0326. The van der Waals surface area contributed by atoms with Crippen LogP contribution in [0, 0.1) is 11.6 Å². The lowest BCUT2D eigenvalue weighted by molar-refractivity contribution is -0.136. The third kappa shape index (κ3) is 4.05. The Hall–Kier alpha value is -3.22. The summed E-state index contributed by atoms with van der Waals surface area (Å²) < 4.78 is 38.9. The summed E-state index contributed by atoms with van der Waals surface area (Å²) in [6, 6.07) is 11.3. The molecule has 134 valence electrons. The number of aryl methyl sites for hydroxylation is 1. The summed E-state index contributed by atoms with van der Waals surface area (Å²) in [5, 5.41) is 8.65. The van der Waals surface area contributed by atoms with Gasteiger partial charge in [-0.15, -0.1) is 0 Å². The predicted molar refractivity (Wildman–Crippen MR) is 88.6 cm³/mol. The summed E-state index contributed by atoms with van der Waals surface area (Å²) in [5.41, 5.74) is 1.43. The molecule has 0 amide bonds. The second-order valence-electron chi connectivity index (χ2n) is 5.57. The predicted octanol–water partition coefficient (Wildman–Crippen LogP) is 4.22. The number of carboxylic acids is 1. The monoisotopic (exact) mass is 359 g/mol. The number of ether oxygens (including phenoxy) is 1. The normalized spacial score (nSPS) is 10.7. The molecule has 0 spiro atoms. The molecule has 1 aromatic heterocycles. The molecule has 0 atom stereocenters. The fraction of sp³-hybridized carbons (Fsp3) is 0.158. The molecule has 7 heteroatoms. The summed E-state index contributed by atoms with van der Waals surface area (Å²) in [7, 11) is 0. The third-order valence-corrected chi connectivity index (χ3v) is 3.72. The van der Waals surface area contributed by atoms with Gasteiger partial charge in [0.15, 0.2) is 29.5 Å². The van der Waals surface area contributed by atoms with Crippen LogP contribution >= 0.6 is 0 Å². The van der Waals surface area contributed by atoms with Gasteiger partial charge in [0, 0.05) is 12.0 Å². The van der Waals surface area contributed by atoms with E-state index in [0.717, 1.165) is 17.7 Å². The molecule has 0 aliphatic rings.